The maximum absolute atomic E-state index is 12.5. The van der Waals surface area contributed by atoms with Gasteiger partial charge in [-0.2, -0.15) is 0 Å². The molecule has 1 aromatic heterocycles. The first kappa shape index (κ1) is 12.4. The quantitative estimate of drug-likeness (QED) is 0.880. The van der Waals surface area contributed by atoms with Gasteiger partial charge in [0.25, 0.3) is 5.91 Å². The van der Waals surface area contributed by atoms with E-state index in [1.54, 1.807) is 0 Å². The molecule has 1 saturated carbocycles. The first-order valence-corrected chi connectivity index (χ1v) is 7.16. The summed E-state index contributed by atoms with van der Waals surface area (Å²) in [6, 6.07) is 0.351. The molecule has 19 heavy (non-hydrogen) atoms. The Balaban J connectivity index is 1.75. The van der Waals surface area contributed by atoms with Gasteiger partial charge in [0, 0.05) is 12.6 Å². The predicted octanol–water partition coefficient (Wildman–Crippen LogP) is 1.84. The number of aromatic nitrogens is 2. The normalized spacial score (nSPS) is 24.8. The highest BCUT2D eigenvalue weighted by Crippen LogP contribution is 2.35. The van der Waals surface area contributed by atoms with Crippen molar-refractivity contribution >= 4 is 11.7 Å². The van der Waals surface area contributed by atoms with Crippen LogP contribution >= 0.6 is 0 Å². The van der Waals surface area contributed by atoms with Gasteiger partial charge in [-0.25, -0.2) is 4.63 Å². The number of rotatable bonds is 2. The summed E-state index contributed by atoms with van der Waals surface area (Å²) >= 11 is 0. The minimum Gasteiger partial charge on any atom is -0.379 e. The Morgan fingerprint density at radius 2 is 1.95 bits per heavy atom. The van der Waals surface area contributed by atoms with E-state index in [0.29, 0.717) is 12.0 Å². The van der Waals surface area contributed by atoms with Crippen molar-refractivity contribution in [3.8, 4) is 0 Å². The minimum atomic E-state index is -0.119. The van der Waals surface area contributed by atoms with Gasteiger partial charge in [0.05, 0.1) is 0 Å². The van der Waals surface area contributed by atoms with Gasteiger partial charge >= 0.3 is 0 Å². The molecule has 6 nitrogen and oxygen atoms in total. The molecule has 1 atom stereocenters. The number of nitrogens with two attached hydrogens (primary N) is 1. The Kier molecular flexibility index (Phi) is 3.40. The van der Waals surface area contributed by atoms with Crippen LogP contribution in [0.1, 0.15) is 55.4 Å². The minimum absolute atomic E-state index is 0.0966. The van der Waals surface area contributed by atoms with E-state index < -0.39 is 0 Å². The van der Waals surface area contributed by atoms with E-state index in [4.69, 9.17) is 5.73 Å². The van der Waals surface area contributed by atoms with Crippen LogP contribution in [0.5, 0.6) is 0 Å². The average Bonchev–Trinajstić information content (AvgIpc) is 3.07. The summed E-state index contributed by atoms with van der Waals surface area (Å²) in [5.41, 5.74) is 5.79. The Bertz CT molecular complexity index is 453. The molecule has 0 bridgehead atoms. The second-order valence-electron chi connectivity index (χ2n) is 5.60. The van der Waals surface area contributed by atoms with Gasteiger partial charge in [0.15, 0.2) is 0 Å². The zero-order valence-electron chi connectivity index (χ0n) is 11.0. The maximum atomic E-state index is 12.5. The van der Waals surface area contributed by atoms with E-state index >= 15 is 0 Å². The third-order valence-corrected chi connectivity index (χ3v) is 4.47. The molecule has 2 fully saturated rings. The highest BCUT2D eigenvalue weighted by molar-refractivity contribution is 5.96. The number of amides is 1. The van der Waals surface area contributed by atoms with Crippen LogP contribution in [-0.4, -0.2) is 33.7 Å². The molecule has 2 heterocycles. The fourth-order valence-corrected chi connectivity index (χ4v) is 3.53. The Labute approximate surface area is 112 Å². The molecule has 1 aliphatic heterocycles. The van der Waals surface area contributed by atoms with Gasteiger partial charge in [0.1, 0.15) is 0 Å². The molecular weight excluding hydrogens is 244 g/mol. The highest BCUT2D eigenvalue weighted by atomic mass is 16.6. The van der Waals surface area contributed by atoms with Crippen LogP contribution in [0.4, 0.5) is 5.82 Å². The van der Waals surface area contributed by atoms with Crippen LogP contribution in [0.15, 0.2) is 4.63 Å². The van der Waals surface area contributed by atoms with E-state index in [9.17, 15) is 4.79 Å². The Morgan fingerprint density at radius 3 is 2.63 bits per heavy atom. The molecule has 2 aliphatic rings. The van der Waals surface area contributed by atoms with Crippen LogP contribution in [0.2, 0.25) is 0 Å². The second-order valence-corrected chi connectivity index (χ2v) is 5.60. The number of carbonyl (C=O) groups excluding carboxylic acids is 1. The average molecular weight is 264 g/mol. The van der Waals surface area contributed by atoms with Crippen molar-refractivity contribution in [1.29, 1.82) is 0 Å². The predicted molar refractivity (Wildman–Crippen MR) is 69.3 cm³/mol. The van der Waals surface area contributed by atoms with Crippen molar-refractivity contribution in [2.75, 3.05) is 12.3 Å². The van der Waals surface area contributed by atoms with Gasteiger partial charge in [-0.05, 0) is 41.9 Å². The van der Waals surface area contributed by atoms with Crippen molar-refractivity contribution < 1.29 is 9.42 Å². The molecule has 1 saturated heterocycles. The number of hydrogen-bond acceptors (Lipinski definition) is 5. The number of hydrogen-bond donors (Lipinski definition) is 1. The van der Waals surface area contributed by atoms with Gasteiger partial charge in [-0.3, -0.25) is 4.79 Å². The first-order chi connectivity index (χ1) is 9.27. The van der Waals surface area contributed by atoms with E-state index in [0.717, 1.165) is 19.4 Å². The third-order valence-electron chi connectivity index (χ3n) is 4.47. The number of likely N-dealkylation sites (tertiary alicyclic amines) is 1. The lowest BCUT2D eigenvalue weighted by Gasteiger charge is -2.33. The zero-order valence-corrected chi connectivity index (χ0v) is 11.0. The molecule has 3 rings (SSSR count). The lowest BCUT2D eigenvalue weighted by Crippen LogP contribution is -2.41. The summed E-state index contributed by atoms with van der Waals surface area (Å²) < 4.78 is 4.53. The van der Waals surface area contributed by atoms with Gasteiger partial charge < -0.3 is 10.6 Å². The monoisotopic (exact) mass is 264 g/mol. The Morgan fingerprint density at radius 1 is 1.16 bits per heavy atom. The van der Waals surface area contributed by atoms with E-state index in [2.05, 4.69) is 14.9 Å². The molecule has 0 aromatic carbocycles. The third kappa shape index (κ3) is 2.31. The van der Waals surface area contributed by atoms with Gasteiger partial charge in [-0.15, -0.1) is 0 Å². The fraction of sp³-hybridized carbons (Fsp3) is 0.769. The fourth-order valence-electron chi connectivity index (χ4n) is 3.53. The molecule has 1 amide bonds. The maximum Gasteiger partial charge on any atom is 0.280 e. The second kappa shape index (κ2) is 5.19. The van der Waals surface area contributed by atoms with Crippen LogP contribution in [-0.2, 0) is 0 Å². The summed E-state index contributed by atoms with van der Waals surface area (Å²) in [4.78, 5) is 14.4. The standard InChI is InChI=1S/C13H20N4O2/c14-12-11(15-19-16-12)13(18)17-8-4-7-10(17)9-5-2-1-3-6-9/h9-10H,1-8H2,(H2,14,16). The molecule has 1 aromatic rings. The van der Waals surface area contributed by atoms with Crippen molar-refractivity contribution in [3.63, 3.8) is 0 Å². The highest BCUT2D eigenvalue weighted by Gasteiger charge is 2.37. The van der Waals surface area contributed by atoms with Crippen molar-refractivity contribution in [2.24, 2.45) is 5.92 Å². The van der Waals surface area contributed by atoms with Crippen LogP contribution in [0.25, 0.3) is 0 Å². The van der Waals surface area contributed by atoms with E-state index in [-0.39, 0.29) is 17.4 Å². The molecule has 6 heteroatoms. The van der Waals surface area contributed by atoms with Crippen molar-refractivity contribution in [1.82, 2.24) is 15.2 Å². The summed E-state index contributed by atoms with van der Waals surface area (Å²) in [7, 11) is 0. The molecule has 1 aliphatic carbocycles. The summed E-state index contributed by atoms with van der Waals surface area (Å²) in [6.07, 6.45) is 8.55. The number of nitrogen functional groups attached to an aromatic ring is 1. The lowest BCUT2D eigenvalue weighted by atomic mass is 9.83. The van der Waals surface area contributed by atoms with Crippen LogP contribution in [0, 0.1) is 5.92 Å². The largest absolute Gasteiger partial charge is 0.379 e. The molecular formula is C13H20N4O2. The molecule has 0 radical (unpaired) electrons. The number of anilines is 1. The van der Waals surface area contributed by atoms with E-state index in [1.165, 1.54) is 32.1 Å². The first-order valence-electron chi connectivity index (χ1n) is 7.16. The topological polar surface area (TPSA) is 85.2 Å². The molecule has 2 N–H and O–H groups in total. The molecule has 1 unspecified atom stereocenters. The summed E-state index contributed by atoms with van der Waals surface area (Å²) in [5.74, 6) is 0.618. The number of carbonyl (C=O) groups is 1. The van der Waals surface area contributed by atoms with Gasteiger partial charge in [0.2, 0.25) is 11.5 Å². The van der Waals surface area contributed by atoms with Gasteiger partial charge in [-0.1, -0.05) is 19.3 Å². The molecule has 0 spiro atoms. The smallest absolute Gasteiger partial charge is 0.280 e. The zero-order chi connectivity index (χ0) is 13.2. The van der Waals surface area contributed by atoms with Crippen molar-refractivity contribution in [2.45, 2.75) is 51.0 Å². The summed E-state index contributed by atoms with van der Waals surface area (Å²) in [6.45, 7) is 0.798. The van der Waals surface area contributed by atoms with Crippen LogP contribution < -0.4 is 5.73 Å². The Hall–Kier alpha value is -1.59. The SMILES string of the molecule is Nc1nonc1C(=O)N1CCCC1C1CCCCC1. The molecule has 104 valence electrons. The summed E-state index contributed by atoms with van der Waals surface area (Å²) in [5, 5.41) is 7.13. The number of nitrogens with zero attached hydrogens (tertiary/aromatic N) is 3. The van der Waals surface area contributed by atoms with E-state index in [1.807, 2.05) is 4.90 Å². The van der Waals surface area contributed by atoms with Crippen LogP contribution in [0.3, 0.4) is 0 Å². The van der Waals surface area contributed by atoms with Crippen molar-refractivity contribution in [3.05, 3.63) is 5.69 Å². The lowest BCUT2D eigenvalue weighted by molar-refractivity contribution is 0.0651.